The minimum Gasteiger partial charge on any atom is -0.242 e. The summed E-state index contributed by atoms with van der Waals surface area (Å²) in [4.78, 5) is 4.12. The number of hydrogen-bond acceptors (Lipinski definition) is 1. The second kappa shape index (κ2) is 8.36. The number of aryl methyl sites for hydroxylation is 1. The minimum atomic E-state index is 0.356. The zero-order chi connectivity index (χ0) is 16.9. The van der Waals surface area contributed by atoms with Crippen LogP contribution in [0.3, 0.4) is 0 Å². The largest absolute Gasteiger partial charge is 0.242 e. The molecule has 2 aromatic rings. The van der Waals surface area contributed by atoms with Gasteiger partial charge in [0.05, 0.1) is 5.02 Å². The normalized spacial score (nSPS) is 21.0. The smallest absolute Gasteiger partial charge is 0.147 e. The molecule has 1 aromatic heterocycles. The van der Waals surface area contributed by atoms with Gasteiger partial charge in [-0.15, -0.1) is 0 Å². The molecule has 24 heavy (non-hydrogen) atoms. The zero-order valence-corrected chi connectivity index (χ0v) is 15.8. The lowest BCUT2D eigenvalue weighted by atomic mass is 9.78. The lowest BCUT2D eigenvalue weighted by Crippen LogP contribution is -2.14. The zero-order valence-electron chi connectivity index (χ0n) is 14.3. The van der Waals surface area contributed by atoms with Crippen LogP contribution in [0.15, 0.2) is 36.5 Å². The SMILES string of the molecule is CC[C@H]1CC[C@H](CCc2ccc(-c3cnc(Cl)c(Cl)c3)cc2)CC1. The van der Waals surface area contributed by atoms with E-state index in [9.17, 15) is 0 Å². The van der Waals surface area contributed by atoms with Gasteiger partial charge in [0.1, 0.15) is 5.15 Å². The van der Waals surface area contributed by atoms with E-state index in [1.807, 2.05) is 6.07 Å². The third-order valence-electron chi connectivity index (χ3n) is 5.47. The van der Waals surface area contributed by atoms with Crippen LogP contribution in [-0.4, -0.2) is 4.98 Å². The molecule has 0 spiro atoms. The van der Waals surface area contributed by atoms with E-state index in [4.69, 9.17) is 23.2 Å². The van der Waals surface area contributed by atoms with Gasteiger partial charge in [-0.2, -0.15) is 0 Å². The van der Waals surface area contributed by atoms with Gasteiger partial charge >= 0.3 is 0 Å². The van der Waals surface area contributed by atoms with E-state index in [-0.39, 0.29) is 0 Å². The molecular formula is C21H25Cl2N. The molecule has 0 radical (unpaired) electrons. The molecule has 0 atom stereocenters. The molecule has 0 aliphatic heterocycles. The van der Waals surface area contributed by atoms with E-state index < -0.39 is 0 Å². The Balaban J connectivity index is 1.56. The van der Waals surface area contributed by atoms with Crippen LogP contribution in [-0.2, 0) is 6.42 Å². The molecule has 0 unspecified atom stereocenters. The first-order chi connectivity index (χ1) is 11.7. The maximum atomic E-state index is 6.06. The summed E-state index contributed by atoms with van der Waals surface area (Å²) in [6.45, 7) is 2.33. The third-order valence-corrected chi connectivity index (χ3v) is 6.15. The maximum Gasteiger partial charge on any atom is 0.147 e. The van der Waals surface area contributed by atoms with Crippen molar-refractivity contribution in [3.05, 3.63) is 52.3 Å². The van der Waals surface area contributed by atoms with Gasteiger partial charge < -0.3 is 0 Å². The van der Waals surface area contributed by atoms with Crippen molar-refractivity contribution in [1.29, 1.82) is 0 Å². The number of rotatable bonds is 5. The molecule has 128 valence electrons. The first-order valence-corrected chi connectivity index (χ1v) is 9.81. The van der Waals surface area contributed by atoms with Gasteiger partial charge in [0.25, 0.3) is 0 Å². The molecule has 3 rings (SSSR count). The number of aromatic nitrogens is 1. The summed E-state index contributed by atoms with van der Waals surface area (Å²) in [7, 11) is 0. The van der Waals surface area contributed by atoms with E-state index >= 15 is 0 Å². The molecular weight excluding hydrogens is 337 g/mol. The molecule has 1 aliphatic rings. The fourth-order valence-corrected chi connectivity index (χ4v) is 4.01. The summed E-state index contributed by atoms with van der Waals surface area (Å²) < 4.78 is 0. The minimum absolute atomic E-state index is 0.356. The van der Waals surface area contributed by atoms with E-state index in [1.165, 1.54) is 50.5 Å². The Kier molecular flexibility index (Phi) is 6.19. The van der Waals surface area contributed by atoms with Crippen molar-refractivity contribution in [1.82, 2.24) is 4.98 Å². The second-order valence-electron chi connectivity index (χ2n) is 7.03. The van der Waals surface area contributed by atoms with Crippen LogP contribution in [0.1, 0.15) is 51.0 Å². The molecule has 0 N–H and O–H groups in total. The third kappa shape index (κ3) is 4.52. The summed E-state index contributed by atoms with van der Waals surface area (Å²) in [5, 5.41) is 0.857. The van der Waals surface area contributed by atoms with Gasteiger partial charge in [-0.3, -0.25) is 0 Å². The summed E-state index contributed by atoms with van der Waals surface area (Å²) in [5.41, 5.74) is 3.56. The molecule has 3 heteroatoms. The Morgan fingerprint density at radius 3 is 2.25 bits per heavy atom. The number of halogens is 2. The lowest BCUT2D eigenvalue weighted by Gasteiger charge is -2.27. The molecule has 1 saturated carbocycles. The Bertz CT molecular complexity index is 658. The summed E-state index contributed by atoms with van der Waals surface area (Å²) in [5.74, 6) is 1.91. The van der Waals surface area contributed by atoms with Gasteiger partial charge in [-0.25, -0.2) is 4.98 Å². The average Bonchev–Trinajstić information content (AvgIpc) is 2.63. The highest BCUT2D eigenvalue weighted by atomic mass is 35.5. The molecule has 1 aromatic carbocycles. The Morgan fingerprint density at radius 1 is 0.958 bits per heavy atom. The van der Waals surface area contributed by atoms with Gasteiger partial charge in [0.2, 0.25) is 0 Å². The van der Waals surface area contributed by atoms with Crippen molar-refractivity contribution >= 4 is 23.2 Å². The van der Waals surface area contributed by atoms with Crippen LogP contribution in [0.4, 0.5) is 0 Å². The van der Waals surface area contributed by atoms with Crippen molar-refractivity contribution in [3.63, 3.8) is 0 Å². The Morgan fingerprint density at radius 2 is 1.62 bits per heavy atom. The monoisotopic (exact) mass is 361 g/mol. The molecule has 0 saturated heterocycles. The summed E-state index contributed by atoms with van der Waals surface area (Å²) in [6, 6.07) is 10.7. The lowest BCUT2D eigenvalue weighted by molar-refractivity contribution is 0.259. The molecule has 1 fully saturated rings. The molecule has 0 amide bonds. The van der Waals surface area contributed by atoms with E-state index in [0.29, 0.717) is 10.2 Å². The first-order valence-electron chi connectivity index (χ1n) is 9.06. The standard InChI is InChI=1S/C21H25Cl2N/c1-2-15-3-5-16(6-4-15)7-8-17-9-11-18(12-10-17)19-13-20(22)21(23)24-14-19/h9-16H,2-8H2,1H3/t15-,16-. The quantitative estimate of drug-likeness (QED) is 0.512. The number of benzene rings is 1. The van der Waals surface area contributed by atoms with Gasteiger partial charge in [0.15, 0.2) is 0 Å². The number of hydrogen-bond donors (Lipinski definition) is 0. The van der Waals surface area contributed by atoms with Crippen molar-refractivity contribution in [2.24, 2.45) is 11.8 Å². The maximum absolute atomic E-state index is 6.06. The highest BCUT2D eigenvalue weighted by Crippen LogP contribution is 2.33. The van der Waals surface area contributed by atoms with Crippen LogP contribution in [0, 0.1) is 11.8 Å². The van der Waals surface area contributed by atoms with E-state index in [0.717, 1.165) is 23.0 Å². The predicted octanol–water partition coefficient (Wildman–Crippen LogP) is 7.20. The van der Waals surface area contributed by atoms with Crippen molar-refractivity contribution < 1.29 is 0 Å². The van der Waals surface area contributed by atoms with Crippen LogP contribution in [0.2, 0.25) is 10.2 Å². The van der Waals surface area contributed by atoms with Gasteiger partial charge in [0, 0.05) is 11.8 Å². The number of nitrogens with zero attached hydrogens (tertiary/aromatic N) is 1. The first kappa shape index (κ1) is 17.8. The second-order valence-corrected chi connectivity index (χ2v) is 7.79. The van der Waals surface area contributed by atoms with Crippen LogP contribution < -0.4 is 0 Å². The molecule has 1 heterocycles. The summed E-state index contributed by atoms with van der Waals surface area (Å²) >= 11 is 11.9. The topological polar surface area (TPSA) is 12.9 Å². The van der Waals surface area contributed by atoms with Gasteiger partial charge in [-0.1, -0.05) is 86.5 Å². The molecule has 1 aliphatic carbocycles. The van der Waals surface area contributed by atoms with E-state index in [2.05, 4.69) is 36.2 Å². The Hall–Kier alpha value is -1.05. The van der Waals surface area contributed by atoms with Crippen molar-refractivity contribution in [2.45, 2.75) is 51.9 Å². The van der Waals surface area contributed by atoms with Gasteiger partial charge in [-0.05, 0) is 41.9 Å². The highest BCUT2D eigenvalue weighted by molar-refractivity contribution is 6.41. The van der Waals surface area contributed by atoms with Crippen molar-refractivity contribution in [2.75, 3.05) is 0 Å². The fourth-order valence-electron chi connectivity index (χ4n) is 3.74. The van der Waals surface area contributed by atoms with Crippen LogP contribution >= 0.6 is 23.2 Å². The van der Waals surface area contributed by atoms with Crippen LogP contribution in [0.5, 0.6) is 0 Å². The van der Waals surface area contributed by atoms with E-state index in [1.54, 1.807) is 6.20 Å². The predicted molar refractivity (Wildman–Crippen MR) is 104 cm³/mol. The fraction of sp³-hybridized carbons (Fsp3) is 0.476. The molecule has 0 bridgehead atoms. The summed E-state index contributed by atoms with van der Waals surface area (Å²) in [6.07, 6.45) is 11.4. The van der Waals surface area contributed by atoms with Crippen molar-refractivity contribution in [3.8, 4) is 11.1 Å². The Labute approximate surface area is 155 Å². The highest BCUT2D eigenvalue weighted by Gasteiger charge is 2.19. The molecule has 1 nitrogen and oxygen atoms in total. The average molecular weight is 362 g/mol. The van der Waals surface area contributed by atoms with Crippen LogP contribution in [0.25, 0.3) is 11.1 Å². The number of pyridine rings is 1.